The zero-order valence-electron chi connectivity index (χ0n) is 19.0. The van der Waals surface area contributed by atoms with Crippen LogP contribution in [0.15, 0.2) is 82.4 Å². The molecule has 3 aromatic carbocycles. The fourth-order valence-electron chi connectivity index (χ4n) is 3.97. The second-order valence-corrected chi connectivity index (χ2v) is 8.70. The first-order valence-corrected chi connectivity index (χ1v) is 11.8. The van der Waals surface area contributed by atoms with Gasteiger partial charge in [0.2, 0.25) is 5.91 Å². The molecular weight excluding hydrogens is 469 g/mol. The molecule has 1 aromatic heterocycles. The van der Waals surface area contributed by atoms with Crippen LogP contribution in [-0.4, -0.2) is 15.0 Å². The Morgan fingerprint density at radius 1 is 0.886 bits per heavy atom. The Morgan fingerprint density at radius 3 is 2.37 bits per heavy atom. The number of halogens is 2. The summed E-state index contributed by atoms with van der Waals surface area (Å²) in [6.07, 6.45) is 1.28. The SMILES string of the molecule is O=C(CCCCn1c(=O)c2ccccc2n(Cc2ccc(F)cc2)c1=O)NCc1ccccc1Cl. The van der Waals surface area contributed by atoms with E-state index in [-0.39, 0.29) is 36.8 Å². The van der Waals surface area contributed by atoms with Crippen molar-refractivity contribution in [3.8, 4) is 0 Å². The van der Waals surface area contributed by atoms with Crippen LogP contribution in [0.1, 0.15) is 30.4 Å². The highest BCUT2D eigenvalue weighted by atomic mass is 35.5. The molecule has 0 aliphatic rings. The average Bonchev–Trinajstić information content (AvgIpc) is 2.86. The number of aromatic nitrogens is 2. The van der Waals surface area contributed by atoms with Crippen LogP contribution in [0.4, 0.5) is 4.39 Å². The van der Waals surface area contributed by atoms with Crippen LogP contribution in [-0.2, 0) is 24.4 Å². The number of carbonyl (C=O) groups is 1. The van der Waals surface area contributed by atoms with Gasteiger partial charge in [0.05, 0.1) is 17.4 Å². The molecule has 8 heteroatoms. The minimum atomic E-state index is -0.429. The summed E-state index contributed by atoms with van der Waals surface area (Å²) in [5.74, 6) is -0.476. The third-order valence-corrected chi connectivity index (χ3v) is 6.22. The Labute approximate surface area is 206 Å². The molecule has 0 radical (unpaired) electrons. The van der Waals surface area contributed by atoms with Crippen molar-refractivity contribution >= 4 is 28.4 Å². The zero-order chi connectivity index (χ0) is 24.8. The molecule has 0 bridgehead atoms. The topological polar surface area (TPSA) is 73.1 Å². The first-order valence-electron chi connectivity index (χ1n) is 11.4. The van der Waals surface area contributed by atoms with Gasteiger partial charge < -0.3 is 5.32 Å². The van der Waals surface area contributed by atoms with Crippen LogP contribution in [0.25, 0.3) is 10.9 Å². The summed E-state index contributed by atoms with van der Waals surface area (Å²) in [6, 6.07) is 20.2. The van der Waals surface area contributed by atoms with Gasteiger partial charge in [0.25, 0.3) is 5.56 Å². The van der Waals surface area contributed by atoms with E-state index in [1.54, 1.807) is 42.5 Å². The van der Waals surface area contributed by atoms with Crippen molar-refractivity contribution < 1.29 is 9.18 Å². The molecule has 1 N–H and O–H groups in total. The van der Waals surface area contributed by atoms with Crippen molar-refractivity contribution in [2.45, 2.75) is 38.9 Å². The summed E-state index contributed by atoms with van der Waals surface area (Å²) in [5.41, 5.74) is 1.33. The van der Waals surface area contributed by atoms with Crippen molar-refractivity contribution in [1.29, 1.82) is 0 Å². The van der Waals surface area contributed by atoms with Crippen LogP contribution in [0.2, 0.25) is 5.02 Å². The number of benzene rings is 3. The first-order chi connectivity index (χ1) is 16.9. The standard InChI is InChI=1S/C27H25ClFN3O3/c28-23-9-3-1-7-20(23)17-30-25(33)11-5-6-16-31-26(34)22-8-2-4-10-24(22)32(27(31)35)18-19-12-14-21(29)15-13-19/h1-4,7-10,12-15H,5-6,11,16-18H2,(H,30,33). The number of hydrogen-bond acceptors (Lipinski definition) is 3. The lowest BCUT2D eigenvalue weighted by atomic mass is 10.2. The van der Waals surface area contributed by atoms with Crippen LogP contribution in [0, 0.1) is 5.82 Å². The van der Waals surface area contributed by atoms with E-state index >= 15 is 0 Å². The second-order valence-electron chi connectivity index (χ2n) is 8.29. The van der Waals surface area contributed by atoms with Crippen molar-refractivity contribution in [3.05, 3.63) is 116 Å². The molecule has 1 heterocycles. The molecule has 0 saturated carbocycles. The van der Waals surface area contributed by atoms with Gasteiger partial charge in [-0.25, -0.2) is 9.18 Å². The maximum absolute atomic E-state index is 13.3. The monoisotopic (exact) mass is 493 g/mol. The largest absolute Gasteiger partial charge is 0.352 e. The molecule has 6 nitrogen and oxygen atoms in total. The Kier molecular flexibility index (Phi) is 7.77. The van der Waals surface area contributed by atoms with Crippen molar-refractivity contribution in [2.75, 3.05) is 0 Å². The molecule has 0 aliphatic carbocycles. The maximum Gasteiger partial charge on any atom is 0.331 e. The van der Waals surface area contributed by atoms with E-state index < -0.39 is 5.69 Å². The summed E-state index contributed by atoms with van der Waals surface area (Å²) < 4.78 is 16.1. The number of amides is 1. The van der Waals surface area contributed by atoms with Crippen LogP contribution in [0.3, 0.4) is 0 Å². The molecule has 0 unspecified atom stereocenters. The highest BCUT2D eigenvalue weighted by molar-refractivity contribution is 6.31. The summed E-state index contributed by atoms with van der Waals surface area (Å²) in [4.78, 5) is 38.5. The van der Waals surface area contributed by atoms with Gasteiger partial charge in [-0.2, -0.15) is 0 Å². The number of carbonyl (C=O) groups excluding carboxylic acids is 1. The van der Waals surface area contributed by atoms with Crippen molar-refractivity contribution in [3.63, 3.8) is 0 Å². The van der Waals surface area contributed by atoms with E-state index in [0.29, 0.717) is 35.3 Å². The predicted octanol–water partition coefficient (Wildman–Crippen LogP) is 4.49. The number of para-hydroxylation sites is 1. The van der Waals surface area contributed by atoms with E-state index in [0.717, 1.165) is 11.1 Å². The van der Waals surface area contributed by atoms with Gasteiger partial charge in [0, 0.05) is 24.5 Å². The fraction of sp³-hybridized carbons (Fsp3) is 0.222. The van der Waals surface area contributed by atoms with Gasteiger partial charge in [-0.15, -0.1) is 0 Å². The number of unbranched alkanes of at least 4 members (excludes halogenated alkanes) is 1. The molecule has 0 fully saturated rings. The summed E-state index contributed by atoms with van der Waals surface area (Å²) in [6.45, 7) is 0.755. The molecule has 0 spiro atoms. The number of fused-ring (bicyclic) bond motifs is 1. The van der Waals surface area contributed by atoms with Gasteiger partial charge in [0.15, 0.2) is 0 Å². The van der Waals surface area contributed by atoms with Gasteiger partial charge >= 0.3 is 5.69 Å². The molecule has 4 aromatic rings. The van der Waals surface area contributed by atoms with E-state index in [1.165, 1.54) is 21.3 Å². The lowest BCUT2D eigenvalue weighted by Gasteiger charge is -2.14. The number of nitrogens with one attached hydrogen (secondary N) is 1. The number of nitrogens with zero attached hydrogens (tertiary/aromatic N) is 2. The highest BCUT2D eigenvalue weighted by Gasteiger charge is 2.13. The summed E-state index contributed by atoms with van der Waals surface area (Å²) in [7, 11) is 0. The molecule has 1 amide bonds. The molecule has 4 rings (SSSR count). The van der Waals surface area contributed by atoms with Gasteiger partial charge in [-0.05, 0) is 54.3 Å². The fourth-order valence-corrected chi connectivity index (χ4v) is 4.18. The highest BCUT2D eigenvalue weighted by Crippen LogP contribution is 2.14. The van der Waals surface area contributed by atoms with E-state index in [2.05, 4.69) is 5.32 Å². The average molecular weight is 494 g/mol. The number of hydrogen-bond donors (Lipinski definition) is 1. The number of rotatable bonds is 9. The van der Waals surface area contributed by atoms with E-state index in [1.807, 2.05) is 18.2 Å². The van der Waals surface area contributed by atoms with Gasteiger partial charge in [-0.1, -0.05) is 54.1 Å². The Balaban J connectivity index is 1.44. The molecular formula is C27H25ClFN3O3. The van der Waals surface area contributed by atoms with Crippen LogP contribution in [0.5, 0.6) is 0 Å². The molecule has 0 atom stereocenters. The minimum absolute atomic E-state index is 0.121. The first kappa shape index (κ1) is 24.4. The van der Waals surface area contributed by atoms with E-state index in [9.17, 15) is 18.8 Å². The Hall–Kier alpha value is -3.71. The maximum atomic E-state index is 13.3. The van der Waals surface area contributed by atoms with Crippen LogP contribution >= 0.6 is 11.6 Å². The Morgan fingerprint density at radius 2 is 1.60 bits per heavy atom. The summed E-state index contributed by atoms with van der Waals surface area (Å²) >= 11 is 6.11. The Bertz CT molecular complexity index is 1460. The van der Waals surface area contributed by atoms with Crippen molar-refractivity contribution in [1.82, 2.24) is 14.5 Å². The van der Waals surface area contributed by atoms with E-state index in [4.69, 9.17) is 11.6 Å². The third-order valence-electron chi connectivity index (χ3n) is 5.86. The molecule has 180 valence electrons. The van der Waals surface area contributed by atoms with Crippen molar-refractivity contribution in [2.24, 2.45) is 0 Å². The lowest BCUT2D eigenvalue weighted by Crippen LogP contribution is -2.40. The minimum Gasteiger partial charge on any atom is -0.352 e. The smallest absolute Gasteiger partial charge is 0.331 e. The normalized spacial score (nSPS) is 11.0. The molecule has 0 aliphatic heterocycles. The third kappa shape index (κ3) is 5.87. The molecule has 35 heavy (non-hydrogen) atoms. The van der Waals surface area contributed by atoms with Crippen LogP contribution < -0.4 is 16.6 Å². The predicted molar refractivity (Wildman–Crippen MR) is 135 cm³/mol. The quantitative estimate of drug-likeness (QED) is 0.349. The summed E-state index contributed by atoms with van der Waals surface area (Å²) in [5, 5.41) is 3.88. The zero-order valence-corrected chi connectivity index (χ0v) is 19.8. The second kappa shape index (κ2) is 11.1. The van der Waals surface area contributed by atoms with Gasteiger partial charge in [0.1, 0.15) is 5.82 Å². The lowest BCUT2D eigenvalue weighted by molar-refractivity contribution is -0.121. The molecule has 0 saturated heterocycles. The van der Waals surface area contributed by atoms with Gasteiger partial charge in [-0.3, -0.25) is 18.7 Å².